The molecule has 1 unspecified atom stereocenters. The van der Waals surface area contributed by atoms with Crippen LogP contribution >= 0.6 is 15.9 Å². The number of halogens is 1. The van der Waals surface area contributed by atoms with Crippen LogP contribution in [0.15, 0.2) is 10.5 Å². The summed E-state index contributed by atoms with van der Waals surface area (Å²) in [4.78, 5) is 11.2. The van der Waals surface area contributed by atoms with Crippen LogP contribution in [0.2, 0.25) is 0 Å². The van der Waals surface area contributed by atoms with Crippen molar-refractivity contribution in [1.29, 1.82) is 0 Å². The number of nitrogens with two attached hydrogens (primary N) is 1. The zero-order chi connectivity index (χ0) is 14.0. The van der Waals surface area contributed by atoms with Gasteiger partial charge in [-0.2, -0.15) is 0 Å². The van der Waals surface area contributed by atoms with E-state index in [0.29, 0.717) is 5.56 Å². The Morgan fingerprint density at radius 2 is 2.06 bits per heavy atom. The van der Waals surface area contributed by atoms with Gasteiger partial charge in [-0.3, -0.25) is 4.79 Å². The molecule has 4 nitrogen and oxygen atoms in total. The fourth-order valence-electron chi connectivity index (χ4n) is 1.98. The highest BCUT2D eigenvalue weighted by Gasteiger charge is 2.27. The summed E-state index contributed by atoms with van der Waals surface area (Å²) in [6.45, 7) is 5.62. The molecule has 0 fully saturated rings. The van der Waals surface area contributed by atoms with Gasteiger partial charge in [0.1, 0.15) is 5.75 Å². The number of hydrogen-bond donors (Lipinski definition) is 3. The molecule has 0 radical (unpaired) electrons. The smallest absolute Gasteiger partial charge is 0.312 e. The molecule has 0 aliphatic rings. The summed E-state index contributed by atoms with van der Waals surface area (Å²) >= 11 is 3.40. The summed E-state index contributed by atoms with van der Waals surface area (Å²) < 4.78 is 0.790. The number of hydrogen-bond acceptors (Lipinski definition) is 3. The molecule has 0 aliphatic carbocycles. The van der Waals surface area contributed by atoms with Crippen molar-refractivity contribution in [2.75, 3.05) is 6.54 Å². The van der Waals surface area contributed by atoms with Crippen molar-refractivity contribution >= 4 is 21.9 Å². The van der Waals surface area contributed by atoms with Crippen LogP contribution in [0.4, 0.5) is 0 Å². The number of aliphatic carboxylic acids is 1. The zero-order valence-corrected chi connectivity index (χ0v) is 12.3. The molecule has 0 aromatic heterocycles. The van der Waals surface area contributed by atoms with E-state index in [-0.39, 0.29) is 18.2 Å². The maximum Gasteiger partial charge on any atom is 0.312 e. The van der Waals surface area contributed by atoms with Crippen molar-refractivity contribution in [3.63, 3.8) is 0 Å². The molecule has 0 amide bonds. The number of carboxylic acids is 1. The van der Waals surface area contributed by atoms with E-state index in [4.69, 9.17) is 5.73 Å². The minimum Gasteiger partial charge on any atom is -0.507 e. The average molecular weight is 316 g/mol. The molecule has 1 aromatic carbocycles. The Labute approximate surface area is 115 Å². The number of aromatic hydroxyl groups is 1. The SMILES string of the molecule is Cc1c(Br)cc(C(C)C)c(O)c1C(CN)C(=O)O. The van der Waals surface area contributed by atoms with Gasteiger partial charge < -0.3 is 15.9 Å². The average Bonchev–Trinajstić information content (AvgIpc) is 2.28. The van der Waals surface area contributed by atoms with E-state index in [2.05, 4.69) is 15.9 Å². The largest absolute Gasteiger partial charge is 0.507 e. The van der Waals surface area contributed by atoms with Gasteiger partial charge in [-0.1, -0.05) is 29.8 Å². The van der Waals surface area contributed by atoms with E-state index in [9.17, 15) is 15.0 Å². The fourth-order valence-corrected chi connectivity index (χ4v) is 2.44. The predicted octanol–water partition coefficient (Wildman–Crippen LogP) is 2.71. The van der Waals surface area contributed by atoms with Crippen molar-refractivity contribution < 1.29 is 15.0 Å². The minimum absolute atomic E-state index is 0.0439. The van der Waals surface area contributed by atoms with Gasteiger partial charge in [-0.15, -0.1) is 0 Å². The van der Waals surface area contributed by atoms with Gasteiger partial charge in [-0.05, 0) is 30.0 Å². The summed E-state index contributed by atoms with van der Waals surface area (Å²) in [5, 5.41) is 19.5. The van der Waals surface area contributed by atoms with Crippen LogP contribution in [-0.2, 0) is 4.79 Å². The second-order valence-corrected chi connectivity index (χ2v) is 5.47. The lowest BCUT2D eigenvalue weighted by Crippen LogP contribution is -2.22. The number of carbonyl (C=O) groups is 1. The lowest BCUT2D eigenvalue weighted by atomic mass is 9.89. The van der Waals surface area contributed by atoms with Gasteiger partial charge >= 0.3 is 5.97 Å². The van der Waals surface area contributed by atoms with Gasteiger partial charge in [-0.25, -0.2) is 0 Å². The Hall–Kier alpha value is -1.07. The Morgan fingerprint density at radius 1 is 1.50 bits per heavy atom. The van der Waals surface area contributed by atoms with Crippen molar-refractivity contribution in [3.8, 4) is 5.75 Å². The third kappa shape index (κ3) is 2.67. The van der Waals surface area contributed by atoms with Gasteiger partial charge in [0.25, 0.3) is 0 Å². The second kappa shape index (κ2) is 5.71. The van der Waals surface area contributed by atoms with E-state index in [0.717, 1.165) is 15.6 Å². The minimum atomic E-state index is -1.02. The van der Waals surface area contributed by atoms with Gasteiger partial charge in [0, 0.05) is 16.6 Å². The van der Waals surface area contributed by atoms with E-state index in [1.807, 2.05) is 19.9 Å². The number of phenolic OH excluding ortho intramolecular Hbond substituents is 1. The molecule has 1 atom stereocenters. The molecule has 0 saturated heterocycles. The fraction of sp³-hybridized carbons (Fsp3) is 0.462. The molecule has 4 N–H and O–H groups in total. The normalized spacial score (nSPS) is 12.8. The number of rotatable bonds is 4. The quantitative estimate of drug-likeness (QED) is 0.797. The summed E-state index contributed by atoms with van der Waals surface area (Å²) in [5.74, 6) is -1.76. The first-order valence-corrected chi connectivity index (χ1v) is 6.55. The molecule has 5 heteroatoms. The molecular weight excluding hydrogens is 298 g/mol. The van der Waals surface area contributed by atoms with Crippen LogP contribution in [0.25, 0.3) is 0 Å². The predicted molar refractivity (Wildman–Crippen MR) is 74.1 cm³/mol. The first-order valence-electron chi connectivity index (χ1n) is 5.75. The van der Waals surface area contributed by atoms with Gasteiger partial charge in [0.15, 0.2) is 0 Å². The highest BCUT2D eigenvalue weighted by Crippen LogP contribution is 2.39. The van der Waals surface area contributed by atoms with Crippen LogP contribution < -0.4 is 5.73 Å². The van der Waals surface area contributed by atoms with Crippen LogP contribution in [0.1, 0.15) is 42.4 Å². The molecule has 0 spiro atoms. The number of phenols is 1. The summed E-state index contributed by atoms with van der Waals surface area (Å²) in [5.41, 5.74) is 7.36. The summed E-state index contributed by atoms with van der Waals surface area (Å²) in [6.07, 6.45) is 0. The van der Waals surface area contributed by atoms with E-state index >= 15 is 0 Å². The van der Waals surface area contributed by atoms with Crippen molar-refractivity contribution in [3.05, 3.63) is 27.2 Å². The molecule has 0 aliphatic heterocycles. The maximum atomic E-state index is 11.2. The zero-order valence-electron chi connectivity index (χ0n) is 10.7. The molecule has 1 rings (SSSR count). The number of benzene rings is 1. The van der Waals surface area contributed by atoms with E-state index in [1.54, 1.807) is 6.92 Å². The first-order chi connectivity index (χ1) is 8.31. The third-order valence-corrected chi connectivity index (χ3v) is 3.90. The Bertz CT molecular complexity index is 472. The highest BCUT2D eigenvalue weighted by atomic mass is 79.9. The lowest BCUT2D eigenvalue weighted by molar-refractivity contribution is -0.138. The maximum absolute atomic E-state index is 11.2. The van der Waals surface area contributed by atoms with Crippen molar-refractivity contribution in [2.24, 2.45) is 5.73 Å². The Kier molecular flexibility index (Phi) is 4.76. The van der Waals surface area contributed by atoms with Gasteiger partial charge in [0.05, 0.1) is 5.92 Å². The molecule has 1 aromatic rings. The standard InChI is InChI=1S/C13H18BrNO3/c1-6(2)8-4-10(14)7(3)11(12(8)16)9(5-15)13(17)18/h4,6,9,16H,5,15H2,1-3H3,(H,17,18). The monoisotopic (exact) mass is 315 g/mol. The number of carboxylic acid groups (broad SMARTS) is 1. The molecule has 0 saturated carbocycles. The van der Waals surface area contributed by atoms with Crippen molar-refractivity contribution in [2.45, 2.75) is 32.6 Å². The van der Waals surface area contributed by atoms with Crippen LogP contribution in [0.3, 0.4) is 0 Å². The molecular formula is C13H18BrNO3. The Morgan fingerprint density at radius 3 is 2.44 bits per heavy atom. The van der Waals surface area contributed by atoms with Crippen molar-refractivity contribution in [1.82, 2.24) is 0 Å². The molecule has 100 valence electrons. The molecule has 0 heterocycles. The third-order valence-electron chi connectivity index (χ3n) is 3.08. The lowest BCUT2D eigenvalue weighted by Gasteiger charge is -2.20. The summed E-state index contributed by atoms with van der Waals surface area (Å²) in [7, 11) is 0. The topological polar surface area (TPSA) is 83.5 Å². The van der Waals surface area contributed by atoms with Gasteiger partial charge in [0.2, 0.25) is 0 Å². The van der Waals surface area contributed by atoms with E-state index in [1.165, 1.54) is 0 Å². The summed E-state index contributed by atoms with van der Waals surface area (Å²) in [6, 6.07) is 1.83. The highest BCUT2D eigenvalue weighted by molar-refractivity contribution is 9.10. The Balaban J connectivity index is 3.55. The van der Waals surface area contributed by atoms with Crippen LogP contribution in [0, 0.1) is 6.92 Å². The van der Waals surface area contributed by atoms with E-state index < -0.39 is 11.9 Å². The van der Waals surface area contributed by atoms with Crippen LogP contribution in [-0.4, -0.2) is 22.7 Å². The molecule has 18 heavy (non-hydrogen) atoms. The molecule has 0 bridgehead atoms. The first kappa shape index (κ1) is 15.0. The van der Waals surface area contributed by atoms with Crippen LogP contribution in [0.5, 0.6) is 5.75 Å². The second-order valence-electron chi connectivity index (χ2n) is 4.62.